The Morgan fingerprint density at radius 3 is 2.45 bits per heavy atom. The minimum atomic E-state index is -0.0653. The van der Waals surface area contributed by atoms with Crippen LogP contribution in [0.25, 0.3) is 16.3 Å². The number of methoxy groups -OCH3 is 1. The minimum absolute atomic E-state index is 0.0653. The maximum absolute atomic E-state index is 12.5. The number of hydrogen-bond donors (Lipinski definition) is 1. The number of carbonyl (C=O) groups is 1. The van der Waals surface area contributed by atoms with Gasteiger partial charge in [-0.15, -0.1) is 16.4 Å². The Balaban J connectivity index is 1.40. The highest BCUT2D eigenvalue weighted by atomic mass is 32.1. The standard InChI is InChI=1S/C24H26N4O2S/c1-24(2,3)18-9-5-17(6-10-18)22(29)25-14-13-19-15-31-23-26-21(27-28(19)23)16-7-11-20(30-4)12-8-16/h5-12,15H,13-14H2,1-4H3,(H,25,29). The summed E-state index contributed by atoms with van der Waals surface area (Å²) in [5.74, 6) is 1.41. The highest BCUT2D eigenvalue weighted by molar-refractivity contribution is 7.15. The van der Waals surface area contributed by atoms with Gasteiger partial charge >= 0.3 is 0 Å². The van der Waals surface area contributed by atoms with E-state index < -0.39 is 0 Å². The first-order chi connectivity index (χ1) is 14.8. The molecule has 0 aliphatic heterocycles. The van der Waals surface area contributed by atoms with Gasteiger partial charge in [-0.3, -0.25) is 4.79 Å². The van der Waals surface area contributed by atoms with E-state index in [1.165, 1.54) is 5.56 Å². The van der Waals surface area contributed by atoms with Crippen LogP contribution in [0.2, 0.25) is 0 Å². The molecule has 0 bridgehead atoms. The van der Waals surface area contributed by atoms with Crippen LogP contribution in [-0.4, -0.2) is 34.2 Å². The van der Waals surface area contributed by atoms with E-state index >= 15 is 0 Å². The first kappa shape index (κ1) is 21.1. The molecule has 0 saturated carbocycles. The lowest BCUT2D eigenvalue weighted by atomic mass is 9.87. The molecule has 1 N–H and O–H groups in total. The number of fused-ring (bicyclic) bond motifs is 1. The van der Waals surface area contributed by atoms with Crippen molar-refractivity contribution in [3.8, 4) is 17.1 Å². The number of ether oxygens (including phenoxy) is 1. The summed E-state index contributed by atoms with van der Waals surface area (Å²) in [4.78, 5) is 17.9. The second-order valence-electron chi connectivity index (χ2n) is 8.42. The maximum Gasteiger partial charge on any atom is 0.251 e. The van der Waals surface area contributed by atoms with Crippen molar-refractivity contribution in [2.45, 2.75) is 32.6 Å². The number of amides is 1. The zero-order valence-electron chi connectivity index (χ0n) is 18.2. The number of thiazole rings is 1. The van der Waals surface area contributed by atoms with Gasteiger partial charge in [0, 0.05) is 29.5 Å². The maximum atomic E-state index is 12.5. The van der Waals surface area contributed by atoms with E-state index in [2.05, 4.69) is 36.2 Å². The first-order valence-electron chi connectivity index (χ1n) is 10.2. The molecule has 4 aromatic rings. The fourth-order valence-electron chi connectivity index (χ4n) is 3.29. The zero-order chi connectivity index (χ0) is 22.0. The summed E-state index contributed by atoms with van der Waals surface area (Å²) in [6, 6.07) is 15.5. The third-order valence-electron chi connectivity index (χ3n) is 5.18. The normalized spacial score (nSPS) is 11.6. The van der Waals surface area contributed by atoms with Crippen molar-refractivity contribution in [2.24, 2.45) is 0 Å². The Kier molecular flexibility index (Phi) is 5.78. The number of nitrogens with one attached hydrogen (secondary N) is 1. The number of rotatable bonds is 6. The Labute approximate surface area is 185 Å². The lowest BCUT2D eigenvalue weighted by Crippen LogP contribution is -2.26. The Hall–Kier alpha value is -3.19. The summed E-state index contributed by atoms with van der Waals surface area (Å²) in [6.45, 7) is 7.01. The first-order valence-corrected chi connectivity index (χ1v) is 11.1. The summed E-state index contributed by atoms with van der Waals surface area (Å²) in [6.07, 6.45) is 0.678. The van der Waals surface area contributed by atoms with E-state index in [4.69, 9.17) is 4.74 Å². The van der Waals surface area contributed by atoms with Crippen LogP contribution in [-0.2, 0) is 11.8 Å². The highest BCUT2D eigenvalue weighted by Crippen LogP contribution is 2.24. The largest absolute Gasteiger partial charge is 0.497 e. The third kappa shape index (κ3) is 4.61. The molecular formula is C24H26N4O2S. The van der Waals surface area contributed by atoms with Crippen LogP contribution in [0.15, 0.2) is 53.9 Å². The van der Waals surface area contributed by atoms with Crippen LogP contribution in [0.3, 0.4) is 0 Å². The molecule has 0 spiro atoms. The van der Waals surface area contributed by atoms with Crippen LogP contribution in [0.5, 0.6) is 5.75 Å². The average Bonchev–Trinajstić information content (AvgIpc) is 3.35. The lowest BCUT2D eigenvalue weighted by molar-refractivity contribution is 0.0954. The third-order valence-corrected chi connectivity index (χ3v) is 6.04. The molecule has 6 nitrogen and oxygen atoms in total. The van der Waals surface area contributed by atoms with E-state index in [1.54, 1.807) is 18.4 Å². The van der Waals surface area contributed by atoms with E-state index in [9.17, 15) is 4.79 Å². The SMILES string of the molecule is COc1ccc(-c2nc3scc(CCNC(=O)c4ccc(C(C)(C)C)cc4)n3n2)cc1. The van der Waals surface area contributed by atoms with Gasteiger partial charge in [-0.1, -0.05) is 32.9 Å². The van der Waals surface area contributed by atoms with Gasteiger partial charge in [0.25, 0.3) is 5.91 Å². The van der Waals surface area contributed by atoms with E-state index in [1.807, 2.05) is 58.4 Å². The predicted octanol–water partition coefficient (Wildman–Crippen LogP) is 4.74. The minimum Gasteiger partial charge on any atom is -0.497 e. The van der Waals surface area contributed by atoms with Crippen molar-refractivity contribution in [1.82, 2.24) is 19.9 Å². The van der Waals surface area contributed by atoms with Crippen LogP contribution in [0.1, 0.15) is 42.4 Å². The molecule has 0 fully saturated rings. The van der Waals surface area contributed by atoms with Crippen LogP contribution in [0.4, 0.5) is 0 Å². The molecule has 4 rings (SSSR count). The molecule has 2 aromatic carbocycles. The molecule has 2 heterocycles. The van der Waals surface area contributed by atoms with Gasteiger partial charge in [-0.05, 0) is 47.4 Å². The van der Waals surface area contributed by atoms with Crippen LogP contribution >= 0.6 is 11.3 Å². The smallest absolute Gasteiger partial charge is 0.251 e. The summed E-state index contributed by atoms with van der Waals surface area (Å²) in [5.41, 5.74) is 3.92. The van der Waals surface area contributed by atoms with Crippen molar-refractivity contribution >= 4 is 22.2 Å². The monoisotopic (exact) mass is 434 g/mol. The van der Waals surface area contributed by atoms with Gasteiger partial charge in [0.05, 0.1) is 12.8 Å². The van der Waals surface area contributed by atoms with Gasteiger partial charge in [-0.2, -0.15) is 4.98 Å². The second kappa shape index (κ2) is 8.51. The molecule has 0 aliphatic rings. The van der Waals surface area contributed by atoms with E-state index in [0.29, 0.717) is 24.4 Å². The number of benzene rings is 2. The highest BCUT2D eigenvalue weighted by Gasteiger charge is 2.15. The Bertz CT molecular complexity index is 1190. The van der Waals surface area contributed by atoms with Crippen molar-refractivity contribution in [1.29, 1.82) is 0 Å². The molecule has 2 aromatic heterocycles. The fraction of sp³-hybridized carbons (Fsp3) is 0.292. The van der Waals surface area contributed by atoms with Gasteiger partial charge in [0.1, 0.15) is 5.75 Å². The Morgan fingerprint density at radius 2 is 1.81 bits per heavy atom. The van der Waals surface area contributed by atoms with Gasteiger partial charge in [0.15, 0.2) is 5.82 Å². The summed E-state index contributed by atoms with van der Waals surface area (Å²) < 4.78 is 7.06. The molecule has 1 amide bonds. The molecule has 0 radical (unpaired) electrons. The van der Waals surface area contributed by atoms with Crippen LogP contribution in [0, 0.1) is 0 Å². The van der Waals surface area contributed by atoms with Crippen molar-refractivity contribution in [2.75, 3.05) is 13.7 Å². The topological polar surface area (TPSA) is 68.5 Å². The van der Waals surface area contributed by atoms with Crippen molar-refractivity contribution < 1.29 is 9.53 Å². The fourth-order valence-corrected chi connectivity index (χ4v) is 4.14. The van der Waals surface area contributed by atoms with Gasteiger partial charge in [0.2, 0.25) is 4.96 Å². The van der Waals surface area contributed by atoms with Crippen molar-refractivity contribution in [3.05, 3.63) is 70.7 Å². The van der Waals surface area contributed by atoms with Crippen LogP contribution < -0.4 is 10.1 Å². The number of hydrogen-bond acceptors (Lipinski definition) is 5. The molecular weight excluding hydrogens is 408 g/mol. The van der Waals surface area contributed by atoms with Crippen molar-refractivity contribution in [3.63, 3.8) is 0 Å². The predicted molar refractivity (Wildman–Crippen MR) is 124 cm³/mol. The number of nitrogens with zero attached hydrogens (tertiary/aromatic N) is 3. The molecule has 160 valence electrons. The molecule has 0 saturated heterocycles. The quantitative estimate of drug-likeness (QED) is 0.476. The number of aromatic nitrogens is 3. The molecule has 0 aliphatic carbocycles. The van der Waals surface area contributed by atoms with E-state index in [0.717, 1.165) is 22.0 Å². The van der Waals surface area contributed by atoms with E-state index in [-0.39, 0.29) is 11.3 Å². The lowest BCUT2D eigenvalue weighted by Gasteiger charge is -2.19. The zero-order valence-corrected chi connectivity index (χ0v) is 19.0. The average molecular weight is 435 g/mol. The molecule has 31 heavy (non-hydrogen) atoms. The van der Waals surface area contributed by atoms with Gasteiger partial charge < -0.3 is 10.1 Å². The number of carbonyl (C=O) groups excluding carboxylic acids is 1. The molecule has 0 unspecified atom stereocenters. The van der Waals surface area contributed by atoms with Gasteiger partial charge in [-0.25, -0.2) is 4.52 Å². The molecule has 7 heteroatoms. The summed E-state index contributed by atoms with van der Waals surface area (Å²) >= 11 is 1.55. The Morgan fingerprint density at radius 1 is 1.10 bits per heavy atom. The summed E-state index contributed by atoms with van der Waals surface area (Å²) in [5, 5.41) is 9.69. The summed E-state index contributed by atoms with van der Waals surface area (Å²) in [7, 11) is 1.64. The molecule has 0 atom stereocenters. The second-order valence-corrected chi connectivity index (χ2v) is 9.26.